The standard InChI is InChI=1S/C13H18N2/c1-10-2-3-11-12(8-10)15-9-13(11)4-6-14-7-5-13/h2-3,8,14-15H,4-7,9H2,1H3. The summed E-state index contributed by atoms with van der Waals surface area (Å²) in [6.45, 7) is 5.62. The van der Waals surface area contributed by atoms with Gasteiger partial charge >= 0.3 is 0 Å². The van der Waals surface area contributed by atoms with Crippen LogP contribution in [-0.2, 0) is 5.41 Å². The highest BCUT2D eigenvalue weighted by atomic mass is 15.0. The van der Waals surface area contributed by atoms with Gasteiger partial charge in [-0.25, -0.2) is 0 Å². The summed E-state index contributed by atoms with van der Waals surface area (Å²) in [4.78, 5) is 0. The summed E-state index contributed by atoms with van der Waals surface area (Å²) < 4.78 is 0. The molecule has 80 valence electrons. The Balaban J connectivity index is 2.03. The van der Waals surface area contributed by atoms with Gasteiger partial charge in [-0.15, -0.1) is 0 Å². The van der Waals surface area contributed by atoms with Crippen LogP contribution in [0.1, 0.15) is 24.0 Å². The third kappa shape index (κ3) is 1.36. The molecule has 2 aliphatic heterocycles. The average molecular weight is 202 g/mol. The van der Waals surface area contributed by atoms with E-state index in [1.54, 1.807) is 5.56 Å². The van der Waals surface area contributed by atoms with Crippen molar-refractivity contribution < 1.29 is 0 Å². The maximum Gasteiger partial charge on any atom is 0.0382 e. The van der Waals surface area contributed by atoms with Crippen LogP contribution < -0.4 is 10.6 Å². The Labute approximate surface area is 91.1 Å². The van der Waals surface area contributed by atoms with Gasteiger partial charge in [-0.3, -0.25) is 0 Å². The van der Waals surface area contributed by atoms with Crippen molar-refractivity contribution in [2.24, 2.45) is 0 Å². The first-order valence-electron chi connectivity index (χ1n) is 5.86. The lowest BCUT2D eigenvalue weighted by molar-refractivity contribution is 0.335. The third-order valence-electron chi connectivity index (χ3n) is 3.92. The SMILES string of the molecule is Cc1ccc2c(c1)NCC21CCNCC1. The van der Waals surface area contributed by atoms with E-state index in [9.17, 15) is 0 Å². The number of benzene rings is 1. The van der Waals surface area contributed by atoms with Crippen molar-refractivity contribution in [1.29, 1.82) is 0 Å². The molecule has 0 radical (unpaired) electrons. The molecule has 2 aliphatic rings. The summed E-state index contributed by atoms with van der Waals surface area (Å²) in [5.74, 6) is 0. The smallest absolute Gasteiger partial charge is 0.0382 e. The lowest BCUT2D eigenvalue weighted by Gasteiger charge is -2.33. The van der Waals surface area contributed by atoms with Crippen LogP contribution in [0.5, 0.6) is 0 Å². The zero-order valence-electron chi connectivity index (χ0n) is 9.27. The second-order valence-corrected chi connectivity index (χ2v) is 4.93. The zero-order valence-corrected chi connectivity index (χ0v) is 9.27. The van der Waals surface area contributed by atoms with Gasteiger partial charge in [0.05, 0.1) is 0 Å². The average Bonchev–Trinajstić information content (AvgIpc) is 2.58. The van der Waals surface area contributed by atoms with E-state index in [4.69, 9.17) is 0 Å². The van der Waals surface area contributed by atoms with E-state index in [2.05, 4.69) is 35.8 Å². The fraction of sp³-hybridized carbons (Fsp3) is 0.538. The van der Waals surface area contributed by atoms with Crippen molar-refractivity contribution in [3.8, 4) is 0 Å². The first-order valence-corrected chi connectivity index (χ1v) is 5.86. The predicted octanol–water partition coefficient (Wildman–Crippen LogP) is 2.04. The topological polar surface area (TPSA) is 24.1 Å². The van der Waals surface area contributed by atoms with E-state index in [0.717, 1.165) is 19.6 Å². The minimum Gasteiger partial charge on any atom is -0.384 e. The molecule has 0 aromatic heterocycles. The van der Waals surface area contributed by atoms with Gasteiger partial charge in [0.15, 0.2) is 0 Å². The van der Waals surface area contributed by atoms with Gasteiger partial charge in [0, 0.05) is 17.6 Å². The van der Waals surface area contributed by atoms with Crippen molar-refractivity contribution in [1.82, 2.24) is 5.32 Å². The van der Waals surface area contributed by atoms with Crippen LogP contribution in [0, 0.1) is 6.92 Å². The van der Waals surface area contributed by atoms with Crippen LogP contribution in [0.4, 0.5) is 5.69 Å². The molecule has 0 aliphatic carbocycles. The lowest BCUT2D eigenvalue weighted by atomic mass is 9.75. The van der Waals surface area contributed by atoms with Crippen molar-refractivity contribution in [3.63, 3.8) is 0 Å². The first-order chi connectivity index (χ1) is 7.30. The molecule has 1 saturated heterocycles. The van der Waals surface area contributed by atoms with Gasteiger partial charge in [0.1, 0.15) is 0 Å². The molecule has 1 aromatic rings. The largest absolute Gasteiger partial charge is 0.384 e. The molecule has 0 saturated carbocycles. The molecule has 0 unspecified atom stereocenters. The number of hydrogen-bond acceptors (Lipinski definition) is 2. The maximum atomic E-state index is 3.57. The molecule has 0 amide bonds. The third-order valence-corrected chi connectivity index (χ3v) is 3.92. The molecule has 15 heavy (non-hydrogen) atoms. The van der Waals surface area contributed by atoms with Crippen LogP contribution >= 0.6 is 0 Å². The summed E-state index contributed by atoms with van der Waals surface area (Å²) in [7, 11) is 0. The van der Waals surface area contributed by atoms with Gasteiger partial charge in [0.25, 0.3) is 0 Å². The second kappa shape index (κ2) is 3.24. The fourth-order valence-corrected chi connectivity index (χ4v) is 2.98. The molecular formula is C13H18N2. The van der Waals surface area contributed by atoms with Crippen molar-refractivity contribution in [3.05, 3.63) is 29.3 Å². The number of rotatable bonds is 0. The van der Waals surface area contributed by atoms with E-state index in [0.29, 0.717) is 5.41 Å². The molecule has 2 heteroatoms. The van der Waals surface area contributed by atoms with Crippen molar-refractivity contribution >= 4 is 5.69 Å². The van der Waals surface area contributed by atoms with Gasteiger partial charge in [-0.1, -0.05) is 12.1 Å². The Morgan fingerprint density at radius 3 is 2.80 bits per heavy atom. The first kappa shape index (κ1) is 9.22. The van der Waals surface area contributed by atoms with Crippen LogP contribution in [0.15, 0.2) is 18.2 Å². The Hall–Kier alpha value is -1.02. The van der Waals surface area contributed by atoms with E-state index in [1.807, 2.05) is 0 Å². The van der Waals surface area contributed by atoms with E-state index < -0.39 is 0 Å². The Kier molecular flexibility index (Phi) is 1.99. The normalized spacial score (nSPS) is 22.5. The quantitative estimate of drug-likeness (QED) is 0.672. The van der Waals surface area contributed by atoms with Gasteiger partial charge < -0.3 is 10.6 Å². The maximum absolute atomic E-state index is 3.57. The zero-order chi connectivity index (χ0) is 10.3. The highest BCUT2D eigenvalue weighted by molar-refractivity contribution is 5.61. The molecule has 0 bridgehead atoms. The summed E-state index contributed by atoms with van der Waals surface area (Å²) in [6, 6.07) is 6.86. The summed E-state index contributed by atoms with van der Waals surface area (Å²) in [6.07, 6.45) is 2.55. The fourth-order valence-electron chi connectivity index (χ4n) is 2.98. The van der Waals surface area contributed by atoms with Crippen LogP contribution in [0.2, 0.25) is 0 Å². The molecular weight excluding hydrogens is 184 g/mol. The Bertz CT molecular complexity index is 378. The van der Waals surface area contributed by atoms with Gasteiger partial charge in [-0.2, -0.15) is 0 Å². The highest BCUT2D eigenvalue weighted by Crippen LogP contribution is 2.42. The molecule has 1 spiro atoms. The van der Waals surface area contributed by atoms with Crippen LogP contribution in [0.3, 0.4) is 0 Å². The number of piperidine rings is 1. The van der Waals surface area contributed by atoms with E-state index >= 15 is 0 Å². The molecule has 2 N–H and O–H groups in total. The highest BCUT2D eigenvalue weighted by Gasteiger charge is 2.39. The van der Waals surface area contributed by atoms with Gasteiger partial charge in [0.2, 0.25) is 0 Å². The number of hydrogen-bond donors (Lipinski definition) is 2. The summed E-state index contributed by atoms with van der Waals surface area (Å²) >= 11 is 0. The molecule has 3 rings (SSSR count). The number of nitrogens with one attached hydrogen (secondary N) is 2. The van der Waals surface area contributed by atoms with Crippen molar-refractivity contribution in [2.45, 2.75) is 25.2 Å². The molecule has 2 heterocycles. The molecule has 1 aromatic carbocycles. The van der Waals surface area contributed by atoms with Crippen LogP contribution in [0.25, 0.3) is 0 Å². The van der Waals surface area contributed by atoms with E-state index in [1.165, 1.54) is 24.1 Å². The summed E-state index contributed by atoms with van der Waals surface area (Å²) in [5.41, 5.74) is 4.70. The predicted molar refractivity (Wildman–Crippen MR) is 63.5 cm³/mol. The summed E-state index contributed by atoms with van der Waals surface area (Å²) in [5, 5.41) is 7.02. The monoisotopic (exact) mass is 202 g/mol. The van der Waals surface area contributed by atoms with Crippen molar-refractivity contribution in [2.75, 3.05) is 25.0 Å². The van der Waals surface area contributed by atoms with Crippen LogP contribution in [-0.4, -0.2) is 19.6 Å². The van der Waals surface area contributed by atoms with Gasteiger partial charge in [-0.05, 0) is 50.0 Å². The molecule has 1 fully saturated rings. The van der Waals surface area contributed by atoms with E-state index in [-0.39, 0.29) is 0 Å². The number of anilines is 1. The number of aryl methyl sites for hydroxylation is 1. The molecule has 0 atom stereocenters. The molecule has 2 nitrogen and oxygen atoms in total. The minimum absolute atomic E-state index is 0.425. The Morgan fingerprint density at radius 2 is 2.00 bits per heavy atom. The Morgan fingerprint density at radius 1 is 1.20 bits per heavy atom. The lowest BCUT2D eigenvalue weighted by Crippen LogP contribution is -2.41. The number of fused-ring (bicyclic) bond motifs is 2. The second-order valence-electron chi connectivity index (χ2n) is 4.93. The minimum atomic E-state index is 0.425.